The Morgan fingerprint density at radius 3 is 2.59 bits per heavy atom. The van der Waals surface area contributed by atoms with Crippen LogP contribution in [-0.2, 0) is 32.4 Å². The van der Waals surface area contributed by atoms with E-state index in [0.717, 1.165) is 16.7 Å². The second-order valence-electron chi connectivity index (χ2n) is 8.07. The van der Waals surface area contributed by atoms with Crippen molar-refractivity contribution in [2.45, 2.75) is 38.5 Å². The molecule has 1 aromatic heterocycles. The van der Waals surface area contributed by atoms with Gasteiger partial charge in [-0.3, -0.25) is 19.2 Å². The van der Waals surface area contributed by atoms with Crippen molar-refractivity contribution in [1.82, 2.24) is 4.98 Å². The van der Waals surface area contributed by atoms with E-state index in [1.165, 1.54) is 15.6 Å². The van der Waals surface area contributed by atoms with E-state index in [2.05, 4.69) is 10.3 Å². The van der Waals surface area contributed by atoms with E-state index in [0.29, 0.717) is 41.6 Å². The molecule has 10 heteroatoms. The number of rotatable bonds is 7. The molecule has 0 aliphatic carbocycles. The van der Waals surface area contributed by atoms with Crippen molar-refractivity contribution in [2.75, 3.05) is 22.8 Å². The third-order valence-corrected chi connectivity index (χ3v) is 7.98. The van der Waals surface area contributed by atoms with Crippen LogP contribution < -0.4 is 9.62 Å². The lowest BCUT2D eigenvalue weighted by Crippen LogP contribution is -2.29. The van der Waals surface area contributed by atoms with Crippen LogP contribution in [-0.4, -0.2) is 38.4 Å². The van der Waals surface area contributed by atoms with E-state index in [1.807, 2.05) is 19.9 Å². The van der Waals surface area contributed by atoms with Crippen molar-refractivity contribution in [3.05, 3.63) is 69.7 Å². The van der Waals surface area contributed by atoms with Crippen LogP contribution in [0.15, 0.2) is 46.7 Å². The Labute approximate surface area is 202 Å². The smallest absolute Gasteiger partial charge is 0.311 e. The van der Waals surface area contributed by atoms with Crippen LogP contribution in [0.4, 0.5) is 10.8 Å². The van der Waals surface area contributed by atoms with Gasteiger partial charge in [-0.1, -0.05) is 12.1 Å². The van der Waals surface area contributed by atoms with E-state index < -0.39 is 15.9 Å². The number of aryl methyl sites for hydroxylation is 2. The average Bonchev–Trinajstić information content (AvgIpc) is 3.39. The summed E-state index contributed by atoms with van der Waals surface area (Å²) < 4.78 is 33.1. The number of esters is 1. The highest BCUT2D eigenvalue weighted by Gasteiger charge is 2.32. The Balaban J connectivity index is 1.55. The minimum absolute atomic E-state index is 0.0321. The lowest BCUT2D eigenvalue weighted by atomic mass is 10.1. The fourth-order valence-corrected chi connectivity index (χ4v) is 6.31. The van der Waals surface area contributed by atoms with Gasteiger partial charge in [-0.05, 0) is 68.1 Å². The second-order valence-corrected chi connectivity index (χ2v) is 10.8. The molecule has 0 spiro atoms. The SMILES string of the molecule is CCOC(=O)Cc1csc(NC(=O)c2ccc3c(c2)N(S(=O)(=O)c2cc(C)cc(C)c2)CC3)n1. The van der Waals surface area contributed by atoms with Crippen molar-refractivity contribution in [3.8, 4) is 0 Å². The molecule has 1 aliphatic rings. The minimum atomic E-state index is -3.76. The number of nitrogens with zero attached hydrogens (tertiary/aromatic N) is 2. The van der Waals surface area contributed by atoms with Crippen LogP contribution in [0.1, 0.15) is 39.7 Å². The molecule has 0 unspecified atom stereocenters. The molecule has 0 bridgehead atoms. The number of carbonyl (C=O) groups excluding carboxylic acids is 2. The first-order valence-corrected chi connectivity index (χ1v) is 13.1. The number of ether oxygens (including phenoxy) is 1. The maximum absolute atomic E-state index is 13.4. The van der Waals surface area contributed by atoms with Crippen molar-refractivity contribution < 1.29 is 22.7 Å². The highest BCUT2D eigenvalue weighted by molar-refractivity contribution is 7.92. The van der Waals surface area contributed by atoms with Crippen LogP contribution in [0.3, 0.4) is 0 Å². The molecule has 0 radical (unpaired) electrons. The lowest BCUT2D eigenvalue weighted by molar-refractivity contribution is -0.142. The number of nitrogens with one attached hydrogen (secondary N) is 1. The van der Waals surface area contributed by atoms with Crippen molar-refractivity contribution in [2.24, 2.45) is 0 Å². The number of thiazole rings is 1. The first kappa shape index (κ1) is 23.9. The van der Waals surface area contributed by atoms with Gasteiger partial charge in [-0.2, -0.15) is 0 Å². The molecule has 1 aliphatic heterocycles. The Hall–Kier alpha value is -3.24. The molecule has 178 valence electrons. The van der Waals surface area contributed by atoms with Gasteiger partial charge >= 0.3 is 5.97 Å². The van der Waals surface area contributed by atoms with Crippen molar-refractivity contribution in [3.63, 3.8) is 0 Å². The van der Waals surface area contributed by atoms with Gasteiger partial charge in [0, 0.05) is 17.5 Å². The Bertz CT molecular complexity index is 1340. The molecule has 1 amide bonds. The zero-order valence-corrected chi connectivity index (χ0v) is 20.8. The molecule has 0 fully saturated rings. The molecule has 0 atom stereocenters. The fraction of sp³-hybridized carbons (Fsp3) is 0.292. The number of amides is 1. The van der Waals surface area contributed by atoms with Gasteiger partial charge in [0.2, 0.25) is 0 Å². The molecular weight excluding hydrogens is 474 g/mol. The normalized spacial score (nSPS) is 13.0. The maximum atomic E-state index is 13.4. The number of hydrogen-bond donors (Lipinski definition) is 1. The number of hydrogen-bond acceptors (Lipinski definition) is 7. The molecule has 34 heavy (non-hydrogen) atoms. The topological polar surface area (TPSA) is 106 Å². The van der Waals surface area contributed by atoms with Gasteiger partial charge in [-0.25, -0.2) is 13.4 Å². The summed E-state index contributed by atoms with van der Waals surface area (Å²) in [7, 11) is -3.76. The first-order valence-electron chi connectivity index (χ1n) is 10.8. The van der Waals surface area contributed by atoms with Crippen molar-refractivity contribution in [1.29, 1.82) is 0 Å². The molecule has 0 saturated carbocycles. The highest BCUT2D eigenvalue weighted by atomic mass is 32.2. The summed E-state index contributed by atoms with van der Waals surface area (Å²) in [4.78, 5) is 29.0. The zero-order valence-electron chi connectivity index (χ0n) is 19.1. The van der Waals surface area contributed by atoms with E-state index in [-0.39, 0.29) is 17.3 Å². The number of anilines is 2. The summed E-state index contributed by atoms with van der Waals surface area (Å²) >= 11 is 1.21. The van der Waals surface area contributed by atoms with Gasteiger partial charge in [-0.15, -0.1) is 11.3 Å². The van der Waals surface area contributed by atoms with E-state index >= 15 is 0 Å². The van der Waals surface area contributed by atoms with Gasteiger partial charge in [0.15, 0.2) is 5.13 Å². The van der Waals surface area contributed by atoms with E-state index in [4.69, 9.17) is 4.74 Å². The molecule has 4 rings (SSSR count). The molecule has 3 aromatic rings. The standard InChI is InChI=1S/C24H25N3O5S2/c1-4-32-22(28)13-19-14-33-24(25-19)26-23(29)18-6-5-17-7-8-27(21(17)12-18)34(30,31)20-10-15(2)9-16(3)11-20/h5-6,9-12,14H,4,7-8,13H2,1-3H3,(H,25,26,29). The van der Waals surface area contributed by atoms with Crippen LogP contribution in [0, 0.1) is 13.8 Å². The van der Waals surface area contributed by atoms with Crippen LogP contribution in [0.2, 0.25) is 0 Å². The monoisotopic (exact) mass is 499 g/mol. The van der Waals surface area contributed by atoms with Gasteiger partial charge < -0.3 is 4.74 Å². The van der Waals surface area contributed by atoms with Gasteiger partial charge in [0.1, 0.15) is 0 Å². The molecule has 2 heterocycles. The zero-order chi connectivity index (χ0) is 24.5. The third-order valence-electron chi connectivity index (χ3n) is 5.39. The second kappa shape index (κ2) is 9.55. The summed E-state index contributed by atoms with van der Waals surface area (Å²) in [5.74, 6) is -0.787. The summed E-state index contributed by atoms with van der Waals surface area (Å²) in [6.07, 6.45) is 0.606. The summed E-state index contributed by atoms with van der Waals surface area (Å²) in [5, 5.41) is 4.76. The molecule has 1 N–H and O–H groups in total. The summed E-state index contributed by atoms with van der Waals surface area (Å²) in [6.45, 7) is 6.07. The van der Waals surface area contributed by atoms with E-state index in [1.54, 1.807) is 42.6 Å². The van der Waals surface area contributed by atoms with Crippen molar-refractivity contribution >= 4 is 44.1 Å². The predicted molar refractivity (Wildman–Crippen MR) is 131 cm³/mol. The average molecular weight is 500 g/mol. The summed E-state index contributed by atoms with van der Waals surface area (Å²) in [6, 6.07) is 10.3. The molecular formula is C24H25N3O5S2. The first-order chi connectivity index (χ1) is 16.2. The minimum Gasteiger partial charge on any atom is -0.466 e. The number of aromatic nitrogens is 1. The van der Waals surface area contributed by atoms with Crippen LogP contribution >= 0.6 is 11.3 Å². The molecule has 2 aromatic carbocycles. The van der Waals surface area contributed by atoms with Gasteiger partial charge in [0.25, 0.3) is 15.9 Å². The Morgan fingerprint density at radius 2 is 1.88 bits per heavy atom. The lowest BCUT2D eigenvalue weighted by Gasteiger charge is -2.20. The fourth-order valence-electron chi connectivity index (χ4n) is 3.92. The summed E-state index contributed by atoms with van der Waals surface area (Å²) in [5.41, 5.74) is 3.96. The Kier molecular flexibility index (Phi) is 6.72. The number of sulfonamides is 1. The van der Waals surface area contributed by atoms with Gasteiger partial charge in [0.05, 0.1) is 29.3 Å². The molecule has 8 nitrogen and oxygen atoms in total. The number of fused-ring (bicyclic) bond motifs is 1. The van der Waals surface area contributed by atoms with Crippen LogP contribution in [0.25, 0.3) is 0 Å². The molecule has 0 saturated heterocycles. The highest BCUT2D eigenvalue weighted by Crippen LogP contribution is 2.34. The number of carbonyl (C=O) groups is 2. The Morgan fingerprint density at radius 1 is 1.15 bits per heavy atom. The quantitative estimate of drug-likeness (QED) is 0.495. The third kappa shape index (κ3) is 4.97. The largest absolute Gasteiger partial charge is 0.466 e. The number of benzene rings is 2. The van der Waals surface area contributed by atoms with Crippen LogP contribution in [0.5, 0.6) is 0 Å². The van der Waals surface area contributed by atoms with E-state index in [9.17, 15) is 18.0 Å². The predicted octanol–water partition coefficient (Wildman–Crippen LogP) is 3.87. The maximum Gasteiger partial charge on any atom is 0.311 e.